The van der Waals surface area contributed by atoms with Gasteiger partial charge in [0, 0.05) is 5.92 Å². The second-order valence-corrected chi connectivity index (χ2v) is 5.43. The van der Waals surface area contributed by atoms with Crippen molar-refractivity contribution in [2.75, 3.05) is 0 Å². The van der Waals surface area contributed by atoms with Crippen molar-refractivity contribution in [3.8, 4) is 5.75 Å². The van der Waals surface area contributed by atoms with Gasteiger partial charge in [0.1, 0.15) is 5.75 Å². The standard InChI is InChI=1S/C15H19F3O4/c1-8(2)14(21-9(3)4)22-12-7-10(13(19)20)5-6-11(12)15(16,17)18/h5-9,14H,1-4H3,(H,19,20). The molecule has 0 amide bonds. The minimum absolute atomic E-state index is 0.211. The molecule has 0 radical (unpaired) electrons. The highest BCUT2D eigenvalue weighted by atomic mass is 19.4. The smallest absolute Gasteiger partial charge is 0.419 e. The lowest BCUT2D eigenvalue weighted by molar-refractivity contribution is -0.151. The quantitative estimate of drug-likeness (QED) is 0.799. The van der Waals surface area contributed by atoms with Gasteiger partial charge < -0.3 is 14.6 Å². The van der Waals surface area contributed by atoms with E-state index >= 15 is 0 Å². The fraction of sp³-hybridized carbons (Fsp3) is 0.533. The summed E-state index contributed by atoms with van der Waals surface area (Å²) in [7, 11) is 0. The fourth-order valence-corrected chi connectivity index (χ4v) is 1.70. The van der Waals surface area contributed by atoms with E-state index in [9.17, 15) is 18.0 Å². The Morgan fingerprint density at radius 2 is 1.77 bits per heavy atom. The van der Waals surface area contributed by atoms with Crippen LogP contribution in [0, 0.1) is 5.92 Å². The second kappa shape index (κ2) is 7.00. The molecule has 0 aliphatic rings. The van der Waals surface area contributed by atoms with Gasteiger partial charge in [0.15, 0.2) is 0 Å². The molecule has 0 bridgehead atoms. The van der Waals surface area contributed by atoms with Crippen LogP contribution in [0.2, 0.25) is 0 Å². The van der Waals surface area contributed by atoms with Crippen LogP contribution < -0.4 is 4.74 Å². The van der Waals surface area contributed by atoms with Gasteiger partial charge in [-0.25, -0.2) is 4.79 Å². The molecule has 124 valence electrons. The second-order valence-electron chi connectivity index (χ2n) is 5.43. The van der Waals surface area contributed by atoms with E-state index in [2.05, 4.69) is 0 Å². The zero-order valence-corrected chi connectivity index (χ0v) is 12.8. The molecule has 0 heterocycles. The lowest BCUT2D eigenvalue weighted by Crippen LogP contribution is -2.30. The number of alkyl halides is 3. The summed E-state index contributed by atoms with van der Waals surface area (Å²) >= 11 is 0. The molecular formula is C15H19F3O4. The molecule has 1 rings (SSSR count). The molecule has 0 saturated heterocycles. The van der Waals surface area contributed by atoms with Gasteiger partial charge in [-0.2, -0.15) is 13.2 Å². The molecule has 0 fully saturated rings. The number of hydrogen-bond acceptors (Lipinski definition) is 3. The first kappa shape index (κ1) is 18.3. The van der Waals surface area contributed by atoms with E-state index in [1.165, 1.54) is 0 Å². The molecular weight excluding hydrogens is 301 g/mol. The first-order valence-corrected chi connectivity index (χ1v) is 6.79. The van der Waals surface area contributed by atoms with Crippen LogP contribution in [0.4, 0.5) is 13.2 Å². The fourth-order valence-electron chi connectivity index (χ4n) is 1.70. The number of hydrogen-bond donors (Lipinski definition) is 1. The van der Waals surface area contributed by atoms with Crippen molar-refractivity contribution < 1.29 is 32.5 Å². The van der Waals surface area contributed by atoms with E-state index < -0.39 is 29.7 Å². The lowest BCUT2D eigenvalue weighted by Gasteiger charge is -2.26. The van der Waals surface area contributed by atoms with Crippen LogP contribution in [-0.4, -0.2) is 23.5 Å². The zero-order chi connectivity index (χ0) is 17.1. The van der Waals surface area contributed by atoms with Crippen molar-refractivity contribution in [3.63, 3.8) is 0 Å². The molecule has 0 aliphatic heterocycles. The Morgan fingerprint density at radius 1 is 1.18 bits per heavy atom. The average Bonchev–Trinajstić information content (AvgIpc) is 2.35. The van der Waals surface area contributed by atoms with Crippen molar-refractivity contribution in [2.45, 2.75) is 46.3 Å². The van der Waals surface area contributed by atoms with Crippen LogP contribution in [0.15, 0.2) is 18.2 Å². The molecule has 0 spiro atoms. The van der Waals surface area contributed by atoms with E-state index in [1.54, 1.807) is 27.7 Å². The minimum atomic E-state index is -4.65. The summed E-state index contributed by atoms with van der Waals surface area (Å²) in [5, 5.41) is 8.92. The summed E-state index contributed by atoms with van der Waals surface area (Å²) in [6.07, 6.45) is -5.80. The molecule has 1 unspecified atom stereocenters. The third-order valence-corrected chi connectivity index (χ3v) is 2.73. The molecule has 4 nitrogen and oxygen atoms in total. The first-order chi connectivity index (χ1) is 10.0. The maximum Gasteiger partial charge on any atom is 0.419 e. The Bertz CT molecular complexity index is 524. The average molecular weight is 320 g/mol. The number of aromatic carboxylic acids is 1. The highest BCUT2D eigenvalue weighted by molar-refractivity contribution is 5.88. The van der Waals surface area contributed by atoms with Crippen LogP contribution in [0.5, 0.6) is 5.75 Å². The monoisotopic (exact) mass is 320 g/mol. The van der Waals surface area contributed by atoms with Gasteiger partial charge in [-0.3, -0.25) is 0 Å². The van der Waals surface area contributed by atoms with Gasteiger partial charge in [0.05, 0.1) is 17.2 Å². The number of carbonyl (C=O) groups is 1. The highest BCUT2D eigenvalue weighted by Crippen LogP contribution is 2.37. The van der Waals surface area contributed by atoms with Crippen LogP contribution in [0.3, 0.4) is 0 Å². The van der Waals surface area contributed by atoms with Crippen molar-refractivity contribution in [1.82, 2.24) is 0 Å². The number of carboxylic acid groups (broad SMARTS) is 1. The molecule has 22 heavy (non-hydrogen) atoms. The van der Waals surface area contributed by atoms with Gasteiger partial charge >= 0.3 is 12.1 Å². The molecule has 0 saturated carbocycles. The molecule has 0 aromatic heterocycles. The van der Waals surface area contributed by atoms with Crippen molar-refractivity contribution >= 4 is 5.97 Å². The maximum absolute atomic E-state index is 13.0. The van der Waals surface area contributed by atoms with Crippen LogP contribution in [-0.2, 0) is 10.9 Å². The Morgan fingerprint density at radius 3 is 2.18 bits per heavy atom. The number of ether oxygens (including phenoxy) is 2. The molecule has 7 heteroatoms. The van der Waals surface area contributed by atoms with E-state index in [0.717, 1.165) is 12.1 Å². The summed E-state index contributed by atoms with van der Waals surface area (Å²) in [6.45, 7) is 6.94. The Hall–Kier alpha value is -1.76. The molecule has 1 atom stereocenters. The van der Waals surface area contributed by atoms with E-state index in [0.29, 0.717) is 6.07 Å². The Labute approximate surface area is 126 Å². The van der Waals surface area contributed by atoms with Crippen molar-refractivity contribution in [1.29, 1.82) is 0 Å². The predicted octanol–water partition coefficient (Wildman–Crippen LogP) is 4.19. The normalized spacial score (nSPS) is 13.5. The number of carboxylic acids is 1. The summed E-state index contributed by atoms with van der Waals surface area (Å²) in [5.74, 6) is -2.09. The zero-order valence-electron chi connectivity index (χ0n) is 12.8. The van der Waals surface area contributed by atoms with Crippen molar-refractivity contribution in [2.24, 2.45) is 5.92 Å². The molecule has 1 aromatic carbocycles. The molecule has 1 N–H and O–H groups in total. The molecule has 0 aliphatic carbocycles. The summed E-state index contributed by atoms with van der Waals surface area (Å²) < 4.78 is 49.9. The summed E-state index contributed by atoms with van der Waals surface area (Å²) in [6, 6.07) is 2.46. The van der Waals surface area contributed by atoms with E-state index in [1.807, 2.05) is 0 Å². The van der Waals surface area contributed by atoms with E-state index in [4.69, 9.17) is 14.6 Å². The third kappa shape index (κ3) is 4.91. The predicted molar refractivity (Wildman–Crippen MR) is 73.9 cm³/mol. The van der Waals surface area contributed by atoms with Gasteiger partial charge in [-0.05, 0) is 32.0 Å². The van der Waals surface area contributed by atoms with Crippen molar-refractivity contribution in [3.05, 3.63) is 29.3 Å². The van der Waals surface area contributed by atoms with Crippen LogP contribution in [0.25, 0.3) is 0 Å². The van der Waals surface area contributed by atoms with Crippen LogP contribution in [0.1, 0.15) is 43.6 Å². The van der Waals surface area contributed by atoms with Crippen LogP contribution >= 0.6 is 0 Å². The van der Waals surface area contributed by atoms with E-state index in [-0.39, 0.29) is 17.6 Å². The highest BCUT2D eigenvalue weighted by Gasteiger charge is 2.36. The summed E-state index contributed by atoms with van der Waals surface area (Å²) in [4.78, 5) is 10.9. The molecule has 1 aromatic rings. The number of halogens is 3. The van der Waals surface area contributed by atoms with Gasteiger partial charge in [0.2, 0.25) is 6.29 Å². The largest absolute Gasteiger partial charge is 0.478 e. The Kier molecular flexibility index (Phi) is 5.82. The Balaban J connectivity index is 3.23. The number of rotatable bonds is 6. The van der Waals surface area contributed by atoms with Gasteiger partial charge in [-0.1, -0.05) is 13.8 Å². The maximum atomic E-state index is 13.0. The topological polar surface area (TPSA) is 55.8 Å². The van der Waals surface area contributed by atoms with Gasteiger partial charge in [-0.15, -0.1) is 0 Å². The summed E-state index contributed by atoms with van der Waals surface area (Å²) in [5.41, 5.74) is -1.31. The third-order valence-electron chi connectivity index (χ3n) is 2.73. The number of benzene rings is 1. The SMILES string of the molecule is CC(C)OC(Oc1cc(C(=O)O)ccc1C(F)(F)F)C(C)C. The lowest BCUT2D eigenvalue weighted by atomic mass is 10.1. The van der Waals surface area contributed by atoms with Gasteiger partial charge in [0.25, 0.3) is 0 Å². The minimum Gasteiger partial charge on any atom is -0.478 e. The first-order valence-electron chi connectivity index (χ1n) is 6.79.